The highest BCUT2D eigenvalue weighted by atomic mass is 16.3. The Morgan fingerprint density at radius 2 is 1.83 bits per heavy atom. The lowest BCUT2D eigenvalue weighted by atomic mass is 10.2. The van der Waals surface area contributed by atoms with Crippen molar-refractivity contribution in [1.82, 2.24) is 4.90 Å². The normalized spacial score (nSPS) is 15.9. The van der Waals surface area contributed by atoms with Crippen molar-refractivity contribution in [2.75, 3.05) is 18.4 Å². The molecular formula is C19H25N3O2. The van der Waals surface area contributed by atoms with Gasteiger partial charge in [-0.3, -0.25) is 9.69 Å². The summed E-state index contributed by atoms with van der Waals surface area (Å²) in [4.78, 5) is 14.7. The Hall–Kier alpha value is -2.11. The number of carbonyl (C=O) groups excluding carboxylic acids is 1. The van der Waals surface area contributed by atoms with Crippen LogP contribution in [0, 0.1) is 0 Å². The van der Waals surface area contributed by atoms with Gasteiger partial charge in [0.15, 0.2) is 0 Å². The number of nitrogens with zero attached hydrogens (tertiary/aromatic N) is 1. The highest BCUT2D eigenvalue weighted by Gasteiger charge is 2.11. The number of furan rings is 1. The highest BCUT2D eigenvalue weighted by Crippen LogP contribution is 2.16. The van der Waals surface area contributed by atoms with Crippen LogP contribution in [0.5, 0.6) is 0 Å². The molecule has 3 N–H and O–H groups in total. The Balaban J connectivity index is 1.56. The van der Waals surface area contributed by atoms with Gasteiger partial charge in [-0.05, 0) is 49.7 Å². The van der Waals surface area contributed by atoms with E-state index in [1.807, 2.05) is 12.1 Å². The summed E-state index contributed by atoms with van der Waals surface area (Å²) < 4.78 is 5.20. The Kier molecular flexibility index (Phi) is 5.67. The first-order chi connectivity index (χ1) is 11.7. The molecule has 3 rings (SSSR count). The maximum Gasteiger partial charge on any atom is 0.258 e. The molecule has 1 amide bonds. The van der Waals surface area contributed by atoms with Crippen LogP contribution < -0.4 is 11.1 Å². The molecule has 1 saturated heterocycles. The monoisotopic (exact) mass is 327 g/mol. The number of amides is 1. The van der Waals surface area contributed by atoms with E-state index in [-0.39, 0.29) is 5.91 Å². The number of likely N-dealkylation sites (tertiary alicyclic amines) is 1. The van der Waals surface area contributed by atoms with Gasteiger partial charge >= 0.3 is 0 Å². The zero-order valence-corrected chi connectivity index (χ0v) is 14.0. The van der Waals surface area contributed by atoms with Crippen LogP contribution >= 0.6 is 0 Å². The Labute approximate surface area is 142 Å². The highest BCUT2D eigenvalue weighted by molar-refractivity contribution is 6.04. The van der Waals surface area contributed by atoms with Crippen molar-refractivity contribution in [3.8, 4) is 0 Å². The molecule has 0 unspecified atom stereocenters. The van der Waals surface area contributed by atoms with Gasteiger partial charge in [0.25, 0.3) is 5.91 Å². The SMILES string of the molecule is NCc1cc(C(=O)Nc2ccc(CN3CCCCCC3)cc2)co1. The van der Waals surface area contributed by atoms with Gasteiger partial charge < -0.3 is 15.5 Å². The zero-order chi connectivity index (χ0) is 16.8. The summed E-state index contributed by atoms with van der Waals surface area (Å²) in [5.74, 6) is 0.423. The second-order valence-electron chi connectivity index (χ2n) is 6.35. The Bertz CT molecular complexity index is 656. The predicted molar refractivity (Wildman–Crippen MR) is 94.7 cm³/mol. The number of carbonyl (C=O) groups is 1. The predicted octanol–water partition coefficient (Wildman–Crippen LogP) is 3.37. The first kappa shape index (κ1) is 16.7. The summed E-state index contributed by atoms with van der Waals surface area (Å²) in [6, 6.07) is 9.75. The molecule has 1 aromatic carbocycles. The van der Waals surface area contributed by atoms with Gasteiger partial charge in [0, 0.05) is 12.2 Å². The molecule has 1 aliphatic heterocycles. The maximum absolute atomic E-state index is 12.2. The summed E-state index contributed by atoms with van der Waals surface area (Å²) in [6.45, 7) is 3.64. The maximum atomic E-state index is 12.2. The van der Waals surface area contributed by atoms with Crippen LogP contribution in [0.3, 0.4) is 0 Å². The molecule has 0 spiro atoms. The van der Waals surface area contributed by atoms with Crippen LogP contribution in [0.15, 0.2) is 41.0 Å². The van der Waals surface area contributed by atoms with E-state index in [1.54, 1.807) is 6.07 Å². The van der Waals surface area contributed by atoms with Crippen LogP contribution in [0.1, 0.15) is 47.4 Å². The molecule has 1 aliphatic rings. The molecule has 24 heavy (non-hydrogen) atoms. The molecule has 128 valence electrons. The van der Waals surface area contributed by atoms with E-state index in [1.165, 1.54) is 50.6 Å². The van der Waals surface area contributed by atoms with Gasteiger partial charge in [0.1, 0.15) is 12.0 Å². The van der Waals surface area contributed by atoms with Crippen molar-refractivity contribution >= 4 is 11.6 Å². The summed E-state index contributed by atoms with van der Waals surface area (Å²) >= 11 is 0. The van der Waals surface area contributed by atoms with E-state index < -0.39 is 0 Å². The fourth-order valence-corrected chi connectivity index (χ4v) is 3.06. The van der Waals surface area contributed by atoms with Crippen LogP contribution in [0.4, 0.5) is 5.69 Å². The Morgan fingerprint density at radius 1 is 1.12 bits per heavy atom. The second-order valence-corrected chi connectivity index (χ2v) is 6.35. The quantitative estimate of drug-likeness (QED) is 0.883. The average molecular weight is 327 g/mol. The van der Waals surface area contributed by atoms with Crippen molar-refractivity contribution in [2.45, 2.75) is 38.8 Å². The van der Waals surface area contributed by atoms with E-state index in [0.29, 0.717) is 17.9 Å². The number of rotatable bonds is 5. The number of benzene rings is 1. The van der Waals surface area contributed by atoms with E-state index in [9.17, 15) is 4.79 Å². The molecule has 5 heteroatoms. The smallest absolute Gasteiger partial charge is 0.258 e. The van der Waals surface area contributed by atoms with Gasteiger partial charge in [-0.2, -0.15) is 0 Å². The van der Waals surface area contributed by atoms with Gasteiger partial charge in [0.2, 0.25) is 0 Å². The minimum Gasteiger partial charge on any atom is -0.467 e. The van der Waals surface area contributed by atoms with E-state index in [0.717, 1.165) is 12.2 Å². The van der Waals surface area contributed by atoms with Crippen molar-refractivity contribution in [3.63, 3.8) is 0 Å². The summed E-state index contributed by atoms with van der Waals surface area (Å²) in [7, 11) is 0. The zero-order valence-electron chi connectivity index (χ0n) is 14.0. The first-order valence-corrected chi connectivity index (χ1v) is 8.65. The van der Waals surface area contributed by atoms with Crippen LogP contribution in [-0.4, -0.2) is 23.9 Å². The lowest BCUT2D eigenvalue weighted by molar-refractivity contribution is 0.102. The lowest BCUT2D eigenvalue weighted by Crippen LogP contribution is -2.23. The third-order valence-electron chi connectivity index (χ3n) is 4.43. The van der Waals surface area contributed by atoms with E-state index in [4.69, 9.17) is 10.2 Å². The molecule has 0 bridgehead atoms. The van der Waals surface area contributed by atoms with Gasteiger partial charge in [-0.25, -0.2) is 0 Å². The Morgan fingerprint density at radius 3 is 2.46 bits per heavy atom. The fourth-order valence-electron chi connectivity index (χ4n) is 3.06. The van der Waals surface area contributed by atoms with E-state index in [2.05, 4.69) is 22.3 Å². The topological polar surface area (TPSA) is 71.5 Å². The number of nitrogens with two attached hydrogens (primary N) is 1. The second kappa shape index (κ2) is 8.13. The van der Waals surface area contributed by atoms with Crippen LogP contribution in [0.2, 0.25) is 0 Å². The molecule has 0 radical (unpaired) electrons. The van der Waals surface area contributed by atoms with Crippen molar-refractivity contribution in [1.29, 1.82) is 0 Å². The number of anilines is 1. The molecule has 1 aromatic heterocycles. The van der Waals surface area contributed by atoms with Crippen LogP contribution in [-0.2, 0) is 13.1 Å². The van der Waals surface area contributed by atoms with Gasteiger partial charge in [-0.15, -0.1) is 0 Å². The summed E-state index contributed by atoms with van der Waals surface area (Å²) in [5, 5.41) is 2.88. The third-order valence-corrected chi connectivity index (χ3v) is 4.43. The minimum atomic E-state index is -0.182. The molecule has 0 aliphatic carbocycles. The summed E-state index contributed by atoms with van der Waals surface area (Å²) in [5.41, 5.74) is 8.05. The molecule has 5 nitrogen and oxygen atoms in total. The van der Waals surface area contributed by atoms with Crippen molar-refractivity contribution in [2.24, 2.45) is 5.73 Å². The van der Waals surface area contributed by atoms with Crippen LogP contribution in [0.25, 0.3) is 0 Å². The van der Waals surface area contributed by atoms with Gasteiger partial charge in [0.05, 0.1) is 12.1 Å². The van der Waals surface area contributed by atoms with E-state index >= 15 is 0 Å². The standard InChI is InChI=1S/C19H25N3O2/c20-12-18-11-16(14-24-18)19(23)21-17-7-5-15(6-8-17)13-22-9-3-1-2-4-10-22/h5-8,11,14H,1-4,9-10,12-13,20H2,(H,21,23). The number of hydrogen-bond acceptors (Lipinski definition) is 4. The van der Waals surface area contributed by atoms with Crippen molar-refractivity contribution < 1.29 is 9.21 Å². The number of nitrogens with one attached hydrogen (secondary N) is 1. The average Bonchev–Trinajstić information content (AvgIpc) is 2.95. The lowest BCUT2D eigenvalue weighted by Gasteiger charge is -2.19. The van der Waals surface area contributed by atoms with Gasteiger partial charge in [-0.1, -0.05) is 25.0 Å². The minimum absolute atomic E-state index is 0.182. The molecule has 1 fully saturated rings. The molecule has 0 saturated carbocycles. The first-order valence-electron chi connectivity index (χ1n) is 8.65. The fraction of sp³-hybridized carbons (Fsp3) is 0.421. The third kappa shape index (κ3) is 4.46. The van der Waals surface area contributed by atoms with Crippen molar-refractivity contribution in [3.05, 3.63) is 53.5 Å². The number of hydrogen-bond donors (Lipinski definition) is 2. The molecule has 2 heterocycles. The molecule has 0 atom stereocenters. The molecular weight excluding hydrogens is 302 g/mol. The summed E-state index contributed by atoms with van der Waals surface area (Å²) in [6.07, 6.45) is 6.72. The largest absolute Gasteiger partial charge is 0.467 e. The molecule has 2 aromatic rings.